The van der Waals surface area contributed by atoms with Crippen molar-refractivity contribution in [1.82, 2.24) is 0 Å². The Balaban J connectivity index is 1.21. The van der Waals surface area contributed by atoms with Gasteiger partial charge < -0.3 is 4.90 Å². The molecule has 258 valence electrons. The van der Waals surface area contributed by atoms with Gasteiger partial charge in [0.1, 0.15) is 0 Å². The van der Waals surface area contributed by atoms with Gasteiger partial charge >= 0.3 is 0 Å². The van der Waals surface area contributed by atoms with Gasteiger partial charge in [-0.25, -0.2) is 0 Å². The molecule has 0 aliphatic heterocycles. The average Bonchev–Trinajstić information content (AvgIpc) is 3.82. The van der Waals surface area contributed by atoms with Crippen molar-refractivity contribution < 1.29 is 5.48 Å². The first-order valence-corrected chi connectivity index (χ1v) is 19.4. The summed E-state index contributed by atoms with van der Waals surface area (Å²) in [6.07, 6.45) is 0. The predicted molar refractivity (Wildman–Crippen MR) is 234 cm³/mol. The van der Waals surface area contributed by atoms with E-state index in [1.807, 2.05) is 53.4 Å². The van der Waals surface area contributed by atoms with Gasteiger partial charge in [0.2, 0.25) is 0 Å². The van der Waals surface area contributed by atoms with E-state index in [1.165, 1.54) is 5.56 Å². The van der Waals surface area contributed by atoms with Gasteiger partial charge in [-0.3, -0.25) is 0 Å². The fraction of sp³-hybridized carbons (Fsp3) is 0.0189. The van der Waals surface area contributed by atoms with E-state index < -0.39 is 5.41 Å². The molecule has 1 aliphatic rings. The summed E-state index contributed by atoms with van der Waals surface area (Å²) < 4.78 is 41.1. The van der Waals surface area contributed by atoms with Crippen molar-refractivity contribution in [2.24, 2.45) is 0 Å². The summed E-state index contributed by atoms with van der Waals surface area (Å²) in [6, 6.07) is 64.4. The summed E-state index contributed by atoms with van der Waals surface area (Å²) in [4.78, 5) is 1.96. The molecule has 1 aromatic heterocycles. The minimum Gasteiger partial charge on any atom is -0.310 e. The standard InChI is InChI=1S/C53H35NS/c1-3-17-38(18-4-1)53(39-19-5-2-6-20-39)48-26-11-9-22-44(48)45-34-33-41(35-49(45)53)54(50-27-13-16-36-15-7-8-21-42(36)50)40-31-29-37(30-32-40)43-24-14-25-47-46-23-10-12-28-51(46)55-52(43)47/h1-35H/i29D,30D,31D,32D. The third-order valence-electron chi connectivity index (χ3n) is 11.2. The van der Waals surface area contributed by atoms with Gasteiger partial charge in [-0.2, -0.15) is 0 Å². The average molecular weight is 722 g/mol. The number of anilines is 3. The van der Waals surface area contributed by atoms with Gasteiger partial charge in [0, 0.05) is 36.9 Å². The summed E-state index contributed by atoms with van der Waals surface area (Å²) in [5, 5.41) is 4.10. The second-order valence-corrected chi connectivity index (χ2v) is 15.1. The van der Waals surface area contributed by atoms with Crippen LogP contribution in [0, 0.1) is 0 Å². The van der Waals surface area contributed by atoms with Crippen molar-refractivity contribution in [2.75, 3.05) is 4.90 Å². The minimum absolute atomic E-state index is 0.0762. The van der Waals surface area contributed by atoms with Crippen molar-refractivity contribution in [3.8, 4) is 22.3 Å². The molecule has 0 radical (unpaired) electrons. The highest BCUT2D eigenvalue weighted by Crippen LogP contribution is 2.57. The number of nitrogens with zero attached hydrogens (tertiary/aromatic N) is 1. The Labute approximate surface area is 330 Å². The third kappa shape index (κ3) is 4.85. The van der Waals surface area contributed by atoms with Crippen LogP contribution in [0.2, 0.25) is 0 Å². The normalized spacial score (nSPS) is 13.9. The lowest BCUT2D eigenvalue weighted by Gasteiger charge is -2.35. The maximum absolute atomic E-state index is 9.85. The lowest BCUT2D eigenvalue weighted by atomic mass is 9.67. The summed E-state index contributed by atoms with van der Waals surface area (Å²) in [5.74, 6) is 0. The van der Waals surface area contributed by atoms with E-state index in [0.29, 0.717) is 11.1 Å². The van der Waals surface area contributed by atoms with Gasteiger partial charge in [-0.05, 0) is 86.2 Å². The highest BCUT2D eigenvalue weighted by atomic mass is 32.1. The number of hydrogen-bond donors (Lipinski definition) is 0. The van der Waals surface area contributed by atoms with E-state index in [-0.39, 0.29) is 29.9 Å². The van der Waals surface area contributed by atoms with Crippen molar-refractivity contribution in [1.29, 1.82) is 0 Å². The maximum Gasteiger partial charge on any atom is 0.0714 e. The van der Waals surface area contributed by atoms with Gasteiger partial charge in [-0.1, -0.05) is 176 Å². The molecule has 0 bridgehead atoms. The van der Waals surface area contributed by atoms with Crippen LogP contribution in [-0.2, 0) is 5.41 Å². The Morgan fingerprint density at radius 3 is 1.84 bits per heavy atom. The zero-order chi connectivity index (χ0) is 39.8. The van der Waals surface area contributed by atoms with Gasteiger partial charge in [0.05, 0.1) is 16.6 Å². The molecule has 0 atom stereocenters. The topological polar surface area (TPSA) is 3.24 Å². The molecule has 2 heteroatoms. The van der Waals surface area contributed by atoms with Crippen LogP contribution >= 0.6 is 11.3 Å². The Kier molecular flexibility index (Phi) is 6.42. The van der Waals surface area contributed by atoms with Crippen LogP contribution in [0.4, 0.5) is 17.1 Å². The quantitative estimate of drug-likeness (QED) is 0.165. The van der Waals surface area contributed by atoms with E-state index in [9.17, 15) is 5.48 Å². The van der Waals surface area contributed by atoms with Gasteiger partial charge in [0.15, 0.2) is 0 Å². The summed E-state index contributed by atoms with van der Waals surface area (Å²) >= 11 is 1.62. The van der Waals surface area contributed by atoms with Crippen LogP contribution in [-0.4, -0.2) is 0 Å². The lowest BCUT2D eigenvalue weighted by molar-refractivity contribution is 0.768. The molecule has 0 saturated heterocycles. The fourth-order valence-electron chi connectivity index (χ4n) is 8.86. The molecule has 1 heterocycles. The number of fused-ring (bicyclic) bond motifs is 7. The number of benzene rings is 9. The summed E-state index contributed by atoms with van der Waals surface area (Å²) in [7, 11) is 0. The third-order valence-corrected chi connectivity index (χ3v) is 12.4. The first-order chi connectivity index (χ1) is 29.0. The Morgan fingerprint density at radius 2 is 1.04 bits per heavy atom. The molecule has 0 saturated carbocycles. The second kappa shape index (κ2) is 12.7. The molecular formula is C53H35NS. The molecule has 0 amide bonds. The molecule has 1 nitrogen and oxygen atoms in total. The van der Waals surface area contributed by atoms with Gasteiger partial charge in [-0.15, -0.1) is 11.3 Å². The van der Waals surface area contributed by atoms with E-state index in [0.717, 1.165) is 70.1 Å². The van der Waals surface area contributed by atoms with Crippen molar-refractivity contribution in [3.05, 3.63) is 234 Å². The smallest absolute Gasteiger partial charge is 0.0714 e. The van der Waals surface area contributed by atoms with Crippen LogP contribution < -0.4 is 4.90 Å². The molecule has 0 unspecified atom stereocenters. The Hall–Kier alpha value is -6.74. The zero-order valence-corrected chi connectivity index (χ0v) is 30.6. The molecule has 10 aromatic rings. The molecule has 0 N–H and O–H groups in total. The van der Waals surface area contributed by atoms with E-state index in [1.54, 1.807) is 11.3 Å². The number of hydrogen-bond acceptors (Lipinski definition) is 2. The maximum atomic E-state index is 9.85. The molecule has 0 spiro atoms. The summed E-state index contributed by atoms with van der Waals surface area (Å²) in [5.41, 5.74) is 8.85. The second-order valence-electron chi connectivity index (χ2n) is 14.1. The highest BCUT2D eigenvalue weighted by molar-refractivity contribution is 7.26. The van der Waals surface area contributed by atoms with E-state index in [4.69, 9.17) is 0 Å². The monoisotopic (exact) mass is 721 g/mol. The molecular weight excluding hydrogens is 683 g/mol. The van der Waals surface area contributed by atoms with E-state index in [2.05, 4.69) is 140 Å². The van der Waals surface area contributed by atoms with Crippen molar-refractivity contribution >= 4 is 59.3 Å². The van der Waals surface area contributed by atoms with Crippen LogP contribution in [0.3, 0.4) is 0 Å². The van der Waals surface area contributed by atoms with Gasteiger partial charge in [0.25, 0.3) is 0 Å². The van der Waals surface area contributed by atoms with Crippen LogP contribution in [0.5, 0.6) is 0 Å². The number of thiophene rings is 1. The van der Waals surface area contributed by atoms with E-state index >= 15 is 0 Å². The van der Waals surface area contributed by atoms with Crippen LogP contribution in [0.15, 0.2) is 212 Å². The first kappa shape index (κ1) is 27.8. The van der Waals surface area contributed by atoms with Crippen LogP contribution in [0.1, 0.15) is 27.7 Å². The molecule has 11 rings (SSSR count). The Morgan fingerprint density at radius 1 is 0.436 bits per heavy atom. The van der Waals surface area contributed by atoms with Crippen LogP contribution in [0.25, 0.3) is 53.2 Å². The number of rotatable bonds is 6. The summed E-state index contributed by atoms with van der Waals surface area (Å²) in [6.45, 7) is 0. The Bertz CT molecular complexity index is 3210. The SMILES string of the molecule is [2H]c1c([2H])c(N(c2ccc3c(c2)C(c2ccccc2)(c2ccccc2)c2ccccc2-3)c2cccc3ccccc23)c([2H])c([2H])c1-c1cccc2c1sc1ccccc12. The first-order valence-electron chi connectivity index (χ1n) is 20.6. The highest BCUT2D eigenvalue weighted by Gasteiger charge is 2.46. The minimum atomic E-state index is -0.670. The molecule has 9 aromatic carbocycles. The molecule has 1 aliphatic carbocycles. The van der Waals surface area contributed by atoms with Crippen molar-refractivity contribution in [3.63, 3.8) is 0 Å². The molecule has 0 fully saturated rings. The van der Waals surface area contributed by atoms with Crippen molar-refractivity contribution in [2.45, 2.75) is 5.41 Å². The zero-order valence-electron chi connectivity index (χ0n) is 33.8. The predicted octanol–water partition coefficient (Wildman–Crippen LogP) is 14.7. The largest absolute Gasteiger partial charge is 0.310 e. The lowest BCUT2D eigenvalue weighted by Crippen LogP contribution is -2.28. The molecule has 55 heavy (non-hydrogen) atoms. The fourth-order valence-corrected chi connectivity index (χ4v) is 10.1.